The maximum atomic E-state index is 13.1. The highest BCUT2D eigenvalue weighted by atomic mass is 15.1. The molecule has 0 spiro atoms. The van der Waals surface area contributed by atoms with E-state index >= 15 is 0 Å². The number of hydrogen-bond donors (Lipinski definition) is 0. The Morgan fingerprint density at radius 2 is 0.534 bits per heavy atom. The molecule has 0 aliphatic rings. The number of hydrogen-bond acceptors (Lipinski definition) is 5. The van der Waals surface area contributed by atoms with Gasteiger partial charge in [-0.2, -0.15) is 5.26 Å². The summed E-state index contributed by atoms with van der Waals surface area (Å²) < 4.78 is 9.73. The molecule has 0 aliphatic heterocycles. The third-order valence-electron chi connectivity index (χ3n) is 17.7. The van der Waals surface area contributed by atoms with Crippen molar-refractivity contribution < 1.29 is 0 Å². The lowest BCUT2D eigenvalue weighted by Gasteiger charge is -2.34. The van der Waals surface area contributed by atoms with Crippen molar-refractivity contribution in [2.24, 2.45) is 0 Å². The number of para-hydroxylation sites is 4. The second kappa shape index (κ2) is 19.7. The number of aromatic nitrogens is 8. The molecule has 0 radical (unpaired) electrons. The second-order valence-electron chi connectivity index (χ2n) is 23.7. The first-order chi connectivity index (χ1) is 43.3. The van der Waals surface area contributed by atoms with E-state index in [2.05, 4.69) is 239 Å². The zero-order valence-corrected chi connectivity index (χ0v) is 48.4. The largest absolute Gasteiger partial charge is 0.307 e. The third-order valence-corrected chi connectivity index (χ3v) is 17.7. The van der Waals surface area contributed by atoms with Crippen LogP contribution in [0.5, 0.6) is 0 Å². The first-order valence-corrected chi connectivity index (χ1v) is 29.8. The summed E-state index contributed by atoms with van der Waals surface area (Å²) in [7, 11) is 0. The van der Waals surface area contributed by atoms with Gasteiger partial charge in [-0.05, 0) is 127 Å². The molecule has 0 aliphatic carbocycles. The van der Waals surface area contributed by atoms with Crippen molar-refractivity contribution in [3.63, 3.8) is 0 Å². The summed E-state index contributed by atoms with van der Waals surface area (Å²) in [5, 5.41) is 21.6. The minimum absolute atomic E-state index is 0.506. The molecule has 0 saturated carbocycles. The van der Waals surface area contributed by atoms with Gasteiger partial charge in [-0.3, -0.25) is 19.9 Å². The number of nitriles is 1. The van der Waals surface area contributed by atoms with Crippen molar-refractivity contribution in [2.45, 2.75) is 26.2 Å². The molecule has 0 saturated heterocycles. The van der Waals surface area contributed by atoms with Crippen molar-refractivity contribution >= 4 is 87.2 Å². The summed E-state index contributed by atoms with van der Waals surface area (Å²) in [5.74, 6) is 0. The molecule has 0 fully saturated rings. The third kappa shape index (κ3) is 7.65. The van der Waals surface area contributed by atoms with Gasteiger partial charge in [0.25, 0.3) is 0 Å². The van der Waals surface area contributed by atoms with Crippen LogP contribution in [0.4, 0.5) is 0 Å². The summed E-state index contributed by atoms with van der Waals surface area (Å²) in [6.07, 6.45) is 7.42. The highest BCUT2D eigenvalue weighted by Gasteiger charge is 2.38. The molecule has 88 heavy (non-hydrogen) atoms. The van der Waals surface area contributed by atoms with Gasteiger partial charge in [0.15, 0.2) is 0 Å². The summed E-state index contributed by atoms with van der Waals surface area (Å²) in [6, 6.07) is 89.0. The van der Waals surface area contributed by atoms with Crippen molar-refractivity contribution in [2.75, 3.05) is 0 Å². The van der Waals surface area contributed by atoms with Crippen molar-refractivity contribution in [3.05, 3.63) is 279 Å². The van der Waals surface area contributed by atoms with E-state index in [4.69, 9.17) is 19.9 Å². The van der Waals surface area contributed by atoms with Gasteiger partial charge in [0, 0.05) is 95.7 Å². The number of rotatable bonds is 8. The van der Waals surface area contributed by atoms with Gasteiger partial charge in [0.05, 0.1) is 89.7 Å². The number of fused-ring (bicyclic) bond motifs is 12. The lowest BCUT2D eigenvalue weighted by atomic mass is 9.81. The predicted octanol–water partition coefficient (Wildman–Crippen LogP) is 19.5. The van der Waals surface area contributed by atoms with Crippen LogP contribution in [0.2, 0.25) is 0 Å². The molecule has 0 bridgehead atoms. The van der Waals surface area contributed by atoms with Crippen molar-refractivity contribution in [1.82, 2.24) is 38.2 Å². The molecule has 0 N–H and O–H groups in total. The van der Waals surface area contributed by atoms with Crippen LogP contribution in [0.15, 0.2) is 267 Å². The molecule has 0 unspecified atom stereocenters. The molecule has 8 aromatic heterocycles. The fourth-order valence-corrected chi connectivity index (χ4v) is 14.0. The Morgan fingerprint density at radius 1 is 0.284 bits per heavy atom. The van der Waals surface area contributed by atoms with Crippen LogP contribution in [0.1, 0.15) is 31.9 Å². The van der Waals surface area contributed by atoms with Crippen LogP contribution in [0.3, 0.4) is 0 Å². The molecule has 9 heteroatoms. The van der Waals surface area contributed by atoms with Gasteiger partial charge in [-0.25, -0.2) is 0 Å². The van der Waals surface area contributed by atoms with E-state index in [0.29, 0.717) is 5.56 Å². The number of pyridine rings is 4. The summed E-state index contributed by atoms with van der Waals surface area (Å²) >= 11 is 0. The maximum absolute atomic E-state index is 13.1. The highest BCUT2D eigenvalue weighted by molar-refractivity contribution is 6.17. The molecular weight excluding hydrogens is 1070 g/mol. The molecule has 9 aromatic carbocycles. The van der Waals surface area contributed by atoms with Gasteiger partial charge >= 0.3 is 0 Å². The Kier molecular flexibility index (Phi) is 11.3. The first-order valence-electron chi connectivity index (χ1n) is 29.8. The minimum Gasteiger partial charge on any atom is -0.307 e. The SMILES string of the molecule is CC(C)(C)c1c(-n2c3ccc(-c4ccccn4)cc3c3cc(-c4ccccn4)ccc32)c(-n2c3ccccc3c3ccccc32)c(C#N)c(-n2c3ccccc3c3ccccc32)c1-n1c2ccc(-c3ccccn3)cc2c2cc(-c3ccccn3)ccc21. The van der Waals surface area contributed by atoms with Gasteiger partial charge < -0.3 is 18.3 Å². The summed E-state index contributed by atoms with van der Waals surface area (Å²) in [5.41, 5.74) is 19.5. The van der Waals surface area contributed by atoms with Crippen LogP contribution in [-0.2, 0) is 5.41 Å². The second-order valence-corrected chi connectivity index (χ2v) is 23.7. The quantitative estimate of drug-likeness (QED) is 0.151. The van der Waals surface area contributed by atoms with E-state index in [1.807, 2.05) is 73.3 Å². The smallest absolute Gasteiger partial charge is 0.104 e. The van der Waals surface area contributed by atoms with Gasteiger partial charge in [0.1, 0.15) is 11.6 Å². The van der Waals surface area contributed by atoms with Gasteiger partial charge in [-0.15, -0.1) is 0 Å². The Bertz CT molecular complexity index is 5080. The Labute approximate surface area is 506 Å². The normalized spacial score (nSPS) is 12.0. The van der Waals surface area contributed by atoms with Crippen LogP contribution >= 0.6 is 0 Å². The van der Waals surface area contributed by atoms with Crippen LogP contribution in [0, 0.1) is 11.3 Å². The van der Waals surface area contributed by atoms with E-state index in [0.717, 1.165) is 161 Å². The molecule has 17 rings (SSSR count). The van der Waals surface area contributed by atoms with Crippen LogP contribution in [-0.4, -0.2) is 38.2 Å². The van der Waals surface area contributed by atoms with Gasteiger partial charge in [0.2, 0.25) is 0 Å². The predicted molar refractivity (Wildman–Crippen MR) is 360 cm³/mol. The zero-order chi connectivity index (χ0) is 58.8. The molecule has 0 atom stereocenters. The Balaban J connectivity index is 1.15. The maximum Gasteiger partial charge on any atom is 0.104 e. The molecule has 9 nitrogen and oxygen atoms in total. The molecule has 0 amide bonds. The van der Waals surface area contributed by atoms with Crippen LogP contribution in [0.25, 0.3) is 155 Å². The Hall–Kier alpha value is -11.7. The van der Waals surface area contributed by atoms with E-state index < -0.39 is 5.41 Å². The standard InChI is InChI=1S/C79H53N9/c1-79(2,3)74-77(87-70-36-32-49(62-24-12-16-40-81-62)44-57(70)58-45-50(33-37-71(58)87)63-25-13-17-41-82-63)75(85-66-28-8-4-20-53(66)54-21-5-9-29-67(54)85)61(48-80)76(86-68-30-10-6-22-55(68)56-23-7-11-31-69(56)86)78(74)88-72-38-34-51(64-26-14-18-42-83-64)46-59(72)60-47-52(35-39-73(60)88)65-27-15-19-43-84-65/h4-47H,1-3H3. The Morgan fingerprint density at radius 3 is 0.784 bits per heavy atom. The average molecular weight is 1130 g/mol. The number of nitrogens with zero attached hydrogens (tertiary/aromatic N) is 9. The van der Waals surface area contributed by atoms with Crippen LogP contribution < -0.4 is 0 Å². The minimum atomic E-state index is -0.672. The average Bonchev–Trinajstić information content (AvgIpc) is 1.50. The molecular formula is C79H53N9. The lowest BCUT2D eigenvalue weighted by molar-refractivity contribution is 0.583. The molecule has 17 aromatic rings. The lowest BCUT2D eigenvalue weighted by Crippen LogP contribution is -2.24. The topological polar surface area (TPSA) is 95.1 Å². The molecule has 414 valence electrons. The fraction of sp³-hybridized carbons (Fsp3) is 0.0506. The van der Waals surface area contributed by atoms with E-state index in [-0.39, 0.29) is 0 Å². The van der Waals surface area contributed by atoms with E-state index in [1.54, 1.807) is 0 Å². The van der Waals surface area contributed by atoms with E-state index in [1.165, 1.54) is 0 Å². The highest BCUT2D eigenvalue weighted by Crippen LogP contribution is 2.52. The monoisotopic (exact) mass is 1130 g/mol. The van der Waals surface area contributed by atoms with E-state index in [9.17, 15) is 5.26 Å². The molecule has 8 heterocycles. The number of benzene rings is 9. The van der Waals surface area contributed by atoms with Crippen molar-refractivity contribution in [3.8, 4) is 73.8 Å². The van der Waals surface area contributed by atoms with Gasteiger partial charge in [-0.1, -0.05) is 142 Å². The summed E-state index contributed by atoms with van der Waals surface area (Å²) in [4.78, 5) is 19.5. The fourth-order valence-electron chi connectivity index (χ4n) is 14.0. The first kappa shape index (κ1) is 50.8. The summed E-state index contributed by atoms with van der Waals surface area (Å²) in [6.45, 7) is 7.02. The van der Waals surface area contributed by atoms with Crippen molar-refractivity contribution in [1.29, 1.82) is 5.26 Å². The zero-order valence-electron chi connectivity index (χ0n) is 48.4.